The van der Waals surface area contributed by atoms with Crippen LogP contribution in [0.2, 0.25) is 0 Å². The van der Waals surface area contributed by atoms with Crippen LogP contribution in [0.5, 0.6) is 0 Å². The largest absolute Gasteiger partial charge is 0.444 e. The number of rotatable bonds is 8. The van der Waals surface area contributed by atoms with Crippen LogP contribution in [-0.4, -0.2) is 30.6 Å². The van der Waals surface area contributed by atoms with E-state index < -0.39 is 21.4 Å². The number of sulfonamides is 1. The molecule has 1 amide bonds. The highest BCUT2D eigenvalue weighted by atomic mass is 32.2. The van der Waals surface area contributed by atoms with E-state index in [4.69, 9.17) is 4.74 Å². The molecule has 0 fully saturated rings. The predicted octanol–water partition coefficient (Wildman–Crippen LogP) is 5.90. The van der Waals surface area contributed by atoms with Crippen LogP contribution in [0.3, 0.4) is 0 Å². The second-order valence-electron chi connectivity index (χ2n) is 7.70. The van der Waals surface area contributed by atoms with E-state index >= 15 is 0 Å². The minimum absolute atomic E-state index is 0.0198. The van der Waals surface area contributed by atoms with Gasteiger partial charge in [-0.1, -0.05) is 61.5 Å². The second-order valence-corrected chi connectivity index (χ2v) is 10.9. The van der Waals surface area contributed by atoms with Crippen molar-refractivity contribution >= 4 is 27.5 Å². The van der Waals surface area contributed by atoms with Crippen LogP contribution in [-0.2, 0) is 21.4 Å². The first kappa shape index (κ1) is 23.0. The fraction of sp³-hybridized carbons (Fsp3) is 0.292. The summed E-state index contributed by atoms with van der Waals surface area (Å²) in [5.41, 5.74) is 4.01. The van der Waals surface area contributed by atoms with Gasteiger partial charge in [-0.15, -0.1) is 0 Å². The van der Waals surface area contributed by atoms with Crippen LogP contribution in [0.25, 0.3) is 11.1 Å². The van der Waals surface area contributed by atoms with Gasteiger partial charge >= 0.3 is 6.09 Å². The number of ether oxygens (including phenoxy) is 1. The maximum absolute atomic E-state index is 12.9. The lowest BCUT2D eigenvalue weighted by Crippen LogP contribution is -2.43. The molecule has 5 nitrogen and oxygen atoms in total. The molecule has 0 saturated heterocycles. The SMILES string of the molecule is CC(CN(C(=O)OCc1ccccc1)S(=O)(=O)C(C)C)c1ccc(-c2ccsc2)cc1. The third-order valence-corrected chi connectivity index (χ3v) is 7.87. The molecule has 31 heavy (non-hydrogen) atoms. The zero-order valence-electron chi connectivity index (χ0n) is 17.9. The van der Waals surface area contributed by atoms with Gasteiger partial charge in [-0.05, 0) is 52.9 Å². The zero-order valence-corrected chi connectivity index (χ0v) is 19.5. The highest BCUT2D eigenvalue weighted by molar-refractivity contribution is 7.90. The van der Waals surface area contributed by atoms with Crippen LogP contribution in [0, 0.1) is 0 Å². The van der Waals surface area contributed by atoms with Gasteiger partial charge < -0.3 is 4.74 Å². The molecule has 0 aliphatic heterocycles. The van der Waals surface area contributed by atoms with E-state index in [1.807, 2.05) is 66.9 Å². The zero-order chi connectivity index (χ0) is 22.4. The van der Waals surface area contributed by atoms with Crippen LogP contribution in [0.1, 0.15) is 37.8 Å². The molecule has 0 aliphatic rings. The van der Waals surface area contributed by atoms with Gasteiger partial charge in [0, 0.05) is 12.5 Å². The second kappa shape index (κ2) is 10.1. The molecule has 0 spiro atoms. The molecule has 0 bridgehead atoms. The van der Waals surface area contributed by atoms with Crippen molar-refractivity contribution in [2.24, 2.45) is 0 Å². The summed E-state index contributed by atoms with van der Waals surface area (Å²) in [4.78, 5) is 12.8. The third-order valence-electron chi connectivity index (χ3n) is 5.09. The van der Waals surface area contributed by atoms with Crippen LogP contribution in [0.4, 0.5) is 4.79 Å². The fourth-order valence-electron chi connectivity index (χ4n) is 3.12. The van der Waals surface area contributed by atoms with E-state index in [0.717, 1.165) is 26.6 Å². The Morgan fingerprint density at radius 3 is 2.23 bits per heavy atom. The van der Waals surface area contributed by atoms with Gasteiger partial charge in [0.2, 0.25) is 10.0 Å². The number of carbonyl (C=O) groups excluding carboxylic acids is 1. The van der Waals surface area contributed by atoms with Crippen molar-refractivity contribution in [2.45, 2.75) is 38.5 Å². The molecule has 0 N–H and O–H groups in total. The van der Waals surface area contributed by atoms with Crippen LogP contribution < -0.4 is 0 Å². The van der Waals surface area contributed by atoms with Crippen molar-refractivity contribution in [3.8, 4) is 11.1 Å². The maximum atomic E-state index is 12.9. The fourth-order valence-corrected chi connectivity index (χ4v) is 4.98. The Hall–Kier alpha value is -2.64. The molecule has 1 aromatic heterocycles. The summed E-state index contributed by atoms with van der Waals surface area (Å²) in [7, 11) is -3.83. The highest BCUT2D eigenvalue weighted by Gasteiger charge is 2.33. The first-order valence-corrected chi connectivity index (χ1v) is 12.6. The Morgan fingerprint density at radius 1 is 0.968 bits per heavy atom. The third kappa shape index (κ3) is 5.74. The molecule has 0 aliphatic carbocycles. The van der Waals surface area contributed by atoms with Crippen molar-refractivity contribution in [3.05, 3.63) is 82.6 Å². The van der Waals surface area contributed by atoms with E-state index in [0.29, 0.717) is 0 Å². The molecule has 3 rings (SSSR count). The van der Waals surface area contributed by atoms with Gasteiger partial charge in [0.15, 0.2) is 0 Å². The average molecular weight is 458 g/mol. The quantitative estimate of drug-likeness (QED) is 0.423. The average Bonchev–Trinajstić information content (AvgIpc) is 3.31. The molecule has 1 atom stereocenters. The molecule has 0 saturated carbocycles. The van der Waals surface area contributed by atoms with Gasteiger partial charge in [0.05, 0.1) is 5.25 Å². The monoisotopic (exact) mass is 457 g/mol. The molecule has 164 valence electrons. The Bertz CT molecular complexity index is 1080. The Kier molecular flexibility index (Phi) is 7.51. The van der Waals surface area contributed by atoms with Crippen molar-refractivity contribution in [2.75, 3.05) is 6.54 Å². The number of carbonyl (C=O) groups is 1. The minimum atomic E-state index is -3.83. The molecule has 3 aromatic rings. The lowest BCUT2D eigenvalue weighted by Gasteiger charge is -2.27. The lowest BCUT2D eigenvalue weighted by atomic mass is 9.98. The van der Waals surface area contributed by atoms with Crippen molar-refractivity contribution in [1.82, 2.24) is 4.31 Å². The summed E-state index contributed by atoms with van der Waals surface area (Å²) >= 11 is 1.64. The first-order valence-electron chi connectivity index (χ1n) is 10.1. The summed E-state index contributed by atoms with van der Waals surface area (Å²) < 4.78 is 32.0. The smallest absolute Gasteiger partial charge is 0.423 e. The Balaban J connectivity index is 1.75. The van der Waals surface area contributed by atoms with Gasteiger partial charge in [0.1, 0.15) is 6.61 Å². The normalized spacial score (nSPS) is 12.5. The Morgan fingerprint density at radius 2 is 1.65 bits per heavy atom. The standard InChI is InChI=1S/C24H27NO4S2/c1-18(2)31(27,28)25(24(26)29-16-20-7-5-4-6-8-20)15-19(3)21-9-11-22(12-10-21)23-13-14-30-17-23/h4-14,17-19H,15-16H2,1-3H3. The maximum Gasteiger partial charge on any atom is 0.423 e. The summed E-state index contributed by atoms with van der Waals surface area (Å²) in [5.74, 6) is -0.186. The predicted molar refractivity (Wildman–Crippen MR) is 126 cm³/mol. The summed E-state index contributed by atoms with van der Waals surface area (Å²) in [6.07, 6.45) is -0.848. The molecule has 1 unspecified atom stereocenters. The van der Waals surface area contributed by atoms with Crippen molar-refractivity contribution < 1.29 is 17.9 Å². The van der Waals surface area contributed by atoms with Crippen molar-refractivity contribution in [3.63, 3.8) is 0 Å². The number of hydrogen-bond acceptors (Lipinski definition) is 5. The number of thiophene rings is 1. The number of hydrogen-bond donors (Lipinski definition) is 0. The Labute approximate surface area is 188 Å². The van der Waals surface area contributed by atoms with Gasteiger partial charge in [0.25, 0.3) is 0 Å². The molecule has 0 radical (unpaired) electrons. The van der Waals surface area contributed by atoms with E-state index in [2.05, 4.69) is 11.4 Å². The molecule has 7 heteroatoms. The summed E-state index contributed by atoms with van der Waals surface area (Å²) in [6.45, 7) is 5.08. The lowest BCUT2D eigenvalue weighted by molar-refractivity contribution is 0.117. The van der Waals surface area contributed by atoms with E-state index in [9.17, 15) is 13.2 Å². The molecular formula is C24H27NO4S2. The first-order chi connectivity index (χ1) is 14.8. The van der Waals surface area contributed by atoms with E-state index in [1.54, 1.807) is 25.2 Å². The molecular weight excluding hydrogens is 430 g/mol. The van der Waals surface area contributed by atoms with Gasteiger partial charge in [-0.2, -0.15) is 11.3 Å². The van der Waals surface area contributed by atoms with Crippen LogP contribution in [0.15, 0.2) is 71.4 Å². The topological polar surface area (TPSA) is 63.7 Å². The van der Waals surface area contributed by atoms with Crippen LogP contribution >= 0.6 is 11.3 Å². The van der Waals surface area contributed by atoms with E-state index in [1.165, 1.54) is 0 Å². The summed E-state index contributed by atoms with van der Waals surface area (Å²) in [5, 5.41) is 3.38. The number of amides is 1. The number of nitrogens with zero attached hydrogens (tertiary/aromatic N) is 1. The highest BCUT2D eigenvalue weighted by Crippen LogP contribution is 2.26. The van der Waals surface area contributed by atoms with Gasteiger partial charge in [-0.25, -0.2) is 17.5 Å². The molecule has 2 aromatic carbocycles. The van der Waals surface area contributed by atoms with Gasteiger partial charge in [-0.3, -0.25) is 0 Å². The summed E-state index contributed by atoms with van der Waals surface area (Å²) in [6, 6.07) is 19.3. The van der Waals surface area contributed by atoms with E-state index in [-0.39, 0.29) is 19.1 Å². The molecule has 1 heterocycles. The minimum Gasteiger partial charge on any atom is -0.444 e. The van der Waals surface area contributed by atoms with Crippen molar-refractivity contribution in [1.29, 1.82) is 0 Å². The number of benzene rings is 2.